The molecular formula is C45H64FN5O7. The first-order valence-electron chi connectivity index (χ1n) is 20.3. The number of hydrogen-bond donors (Lipinski definition) is 5. The van der Waals surface area contributed by atoms with Gasteiger partial charge in [-0.1, -0.05) is 58.0 Å². The number of benzene rings is 3. The van der Waals surface area contributed by atoms with Crippen molar-refractivity contribution in [3.05, 3.63) is 83.2 Å². The maximum Gasteiger partial charge on any atom is 0.251 e. The van der Waals surface area contributed by atoms with Crippen LogP contribution in [0.5, 0.6) is 5.75 Å². The summed E-state index contributed by atoms with van der Waals surface area (Å²) in [5.41, 5.74) is 3.00. The summed E-state index contributed by atoms with van der Waals surface area (Å²) in [4.78, 5) is 38.0. The van der Waals surface area contributed by atoms with Crippen LogP contribution in [0.2, 0.25) is 0 Å². The number of ether oxygens (including phenoxy) is 1. The number of carbonyl (C=O) groups excluding carboxylic acids is 2. The van der Waals surface area contributed by atoms with E-state index in [2.05, 4.69) is 38.3 Å². The summed E-state index contributed by atoms with van der Waals surface area (Å²) in [7, 11) is 8.86. The van der Waals surface area contributed by atoms with Gasteiger partial charge in [0.1, 0.15) is 29.8 Å². The highest BCUT2D eigenvalue weighted by atomic mass is 19.1. The van der Waals surface area contributed by atoms with Gasteiger partial charge in [0.2, 0.25) is 5.91 Å². The number of hydroxylamine groups is 2. The molecule has 1 saturated heterocycles. The Morgan fingerprint density at radius 1 is 1.05 bits per heavy atom. The second kappa shape index (κ2) is 18.9. The Hall–Kier alpha value is -4.11. The summed E-state index contributed by atoms with van der Waals surface area (Å²) < 4.78 is 22.0. The average Bonchev–Trinajstić information content (AvgIpc) is 3.57. The van der Waals surface area contributed by atoms with E-state index in [1.165, 1.54) is 18.2 Å². The highest BCUT2D eigenvalue weighted by Gasteiger charge is 2.51. The summed E-state index contributed by atoms with van der Waals surface area (Å²) in [6.45, 7) is 10.5. The maximum atomic E-state index is 16.1. The van der Waals surface area contributed by atoms with Gasteiger partial charge >= 0.3 is 0 Å². The molecule has 5 N–H and O–H groups in total. The van der Waals surface area contributed by atoms with E-state index in [1.54, 1.807) is 25.1 Å². The molecule has 13 heteroatoms. The Balaban J connectivity index is 1.47. The van der Waals surface area contributed by atoms with E-state index >= 15 is 4.39 Å². The molecule has 2 amide bonds. The first kappa shape index (κ1) is 45.0. The zero-order chi connectivity index (χ0) is 42.6. The fraction of sp³-hybridized carbons (Fsp3) is 0.556. The Morgan fingerprint density at radius 3 is 2.31 bits per heavy atom. The number of rotatable bonds is 17. The lowest BCUT2D eigenvalue weighted by Gasteiger charge is -2.53. The third-order valence-corrected chi connectivity index (χ3v) is 12.6. The fourth-order valence-corrected chi connectivity index (χ4v) is 8.82. The topological polar surface area (TPSA) is 147 Å². The zero-order valence-corrected chi connectivity index (χ0v) is 35.7. The lowest BCUT2D eigenvalue weighted by molar-refractivity contribution is -0.182. The minimum Gasteiger partial charge on any atom is -0.496 e. The Labute approximate surface area is 343 Å². The zero-order valence-electron chi connectivity index (χ0n) is 35.7. The summed E-state index contributed by atoms with van der Waals surface area (Å²) in [6.07, 6.45) is -1.82. The molecule has 0 unspecified atom stereocenters. The molecule has 1 heterocycles. The Kier molecular flexibility index (Phi) is 14.6. The van der Waals surface area contributed by atoms with Gasteiger partial charge in [-0.05, 0) is 92.1 Å². The number of aliphatic hydroxyl groups excluding tert-OH is 3. The van der Waals surface area contributed by atoms with Crippen LogP contribution < -0.4 is 20.3 Å². The van der Waals surface area contributed by atoms with Crippen molar-refractivity contribution < 1.29 is 38.9 Å². The number of likely N-dealkylation sites (N-methyl/N-ethyl adjacent to an activating group) is 1. The van der Waals surface area contributed by atoms with Crippen molar-refractivity contribution in [2.75, 3.05) is 59.9 Å². The second-order valence-electron chi connectivity index (χ2n) is 17.4. The first-order chi connectivity index (χ1) is 27.4. The van der Waals surface area contributed by atoms with Crippen molar-refractivity contribution in [3.8, 4) is 16.9 Å². The lowest BCUT2D eigenvalue weighted by Crippen LogP contribution is -2.52. The second-order valence-corrected chi connectivity index (χ2v) is 17.4. The van der Waals surface area contributed by atoms with Gasteiger partial charge < -0.3 is 40.5 Å². The van der Waals surface area contributed by atoms with Crippen LogP contribution in [-0.4, -0.2) is 116 Å². The predicted octanol–water partition coefficient (Wildman–Crippen LogP) is 4.87. The van der Waals surface area contributed by atoms with Gasteiger partial charge in [-0.25, -0.2) is 4.39 Å². The normalized spacial score (nSPS) is 23.7. The van der Waals surface area contributed by atoms with Gasteiger partial charge in [0, 0.05) is 55.5 Å². The fourth-order valence-electron chi connectivity index (χ4n) is 8.82. The van der Waals surface area contributed by atoms with E-state index < -0.39 is 54.6 Å². The molecule has 1 aliphatic heterocycles. The minimum atomic E-state index is -1.04. The molecular weight excluding hydrogens is 742 g/mol. The van der Waals surface area contributed by atoms with Crippen molar-refractivity contribution in [2.24, 2.45) is 29.1 Å². The molecule has 9 atom stereocenters. The Bertz CT molecular complexity index is 1880. The number of aliphatic hydroxyl groups is 3. The number of amides is 2. The third-order valence-electron chi connectivity index (χ3n) is 12.6. The van der Waals surface area contributed by atoms with Crippen LogP contribution in [0.4, 0.5) is 10.1 Å². The lowest BCUT2D eigenvalue weighted by atomic mass is 9.52. The maximum absolute atomic E-state index is 16.1. The number of methoxy groups -OCH3 is 1. The van der Waals surface area contributed by atoms with Crippen molar-refractivity contribution in [1.29, 1.82) is 0 Å². The number of halogens is 1. The summed E-state index contributed by atoms with van der Waals surface area (Å²) in [6, 6.07) is 15.7. The molecule has 0 spiro atoms. The van der Waals surface area contributed by atoms with Crippen LogP contribution in [0, 0.1) is 34.9 Å². The molecule has 2 fully saturated rings. The molecule has 12 nitrogen and oxygen atoms in total. The van der Waals surface area contributed by atoms with Crippen LogP contribution in [0.25, 0.3) is 11.1 Å². The number of nitrogens with zero attached hydrogens (tertiary/aromatic N) is 3. The molecule has 0 radical (unpaired) electrons. The quantitative estimate of drug-likeness (QED) is 0.128. The average molecular weight is 806 g/mol. The molecule has 318 valence electrons. The standard InChI is InChI=1S/C45H64FN5O7/c1-26(35-18-27(2)45(35,4)5)22-47-44(56)40-39(28(3)53)38(25-52)58-51(40)23-34-36(46)17-16-33(42(34)57-10)30-19-31(21-32(20-30)50(8)9)43(55)48-37(24-49(6)7)41(54)29-14-12-11-13-15-29/h11-17,19-21,26-28,35,37-41,52-54H,18,22-25H2,1-10H3,(H,47,56)(H,48,55)/t26-,27+,28+,35+,37-,38+,39-,40+,41-/m1/s1. The van der Waals surface area contributed by atoms with Gasteiger partial charge in [0.15, 0.2) is 0 Å². The first-order valence-corrected chi connectivity index (χ1v) is 20.3. The predicted molar refractivity (Wildman–Crippen MR) is 224 cm³/mol. The van der Waals surface area contributed by atoms with Crippen molar-refractivity contribution >= 4 is 17.5 Å². The number of nitrogens with one attached hydrogen (secondary N) is 2. The molecule has 1 saturated carbocycles. The van der Waals surface area contributed by atoms with Gasteiger partial charge in [-0.2, -0.15) is 5.06 Å². The van der Waals surface area contributed by atoms with Gasteiger partial charge in [0.25, 0.3) is 5.91 Å². The molecule has 58 heavy (non-hydrogen) atoms. The number of carbonyl (C=O) groups is 2. The van der Waals surface area contributed by atoms with E-state index in [0.717, 1.165) is 6.42 Å². The highest BCUT2D eigenvalue weighted by molar-refractivity contribution is 5.97. The summed E-state index contributed by atoms with van der Waals surface area (Å²) >= 11 is 0. The Morgan fingerprint density at radius 2 is 1.74 bits per heavy atom. The third kappa shape index (κ3) is 9.67. The van der Waals surface area contributed by atoms with Crippen LogP contribution in [0.15, 0.2) is 60.7 Å². The van der Waals surface area contributed by atoms with Gasteiger partial charge in [-0.3, -0.25) is 14.4 Å². The highest BCUT2D eigenvalue weighted by Crippen LogP contribution is 2.54. The summed E-state index contributed by atoms with van der Waals surface area (Å²) in [5, 5.41) is 40.0. The van der Waals surface area contributed by atoms with E-state index in [4.69, 9.17) is 9.57 Å². The molecule has 0 bridgehead atoms. The molecule has 5 rings (SSSR count). The van der Waals surface area contributed by atoms with Crippen LogP contribution >= 0.6 is 0 Å². The van der Waals surface area contributed by atoms with Crippen LogP contribution in [-0.2, 0) is 16.2 Å². The van der Waals surface area contributed by atoms with Gasteiger partial charge in [-0.15, -0.1) is 0 Å². The number of hydrogen-bond acceptors (Lipinski definition) is 10. The van der Waals surface area contributed by atoms with Crippen molar-refractivity contribution in [2.45, 2.75) is 78.0 Å². The monoisotopic (exact) mass is 805 g/mol. The smallest absolute Gasteiger partial charge is 0.251 e. The van der Waals surface area contributed by atoms with Crippen LogP contribution in [0.3, 0.4) is 0 Å². The molecule has 3 aromatic carbocycles. The van der Waals surface area contributed by atoms with E-state index in [0.29, 0.717) is 52.9 Å². The van der Waals surface area contributed by atoms with Crippen LogP contribution in [0.1, 0.15) is 68.6 Å². The largest absolute Gasteiger partial charge is 0.496 e. The molecule has 0 aromatic heterocycles. The molecule has 2 aliphatic rings. The SMILES string of the molecule is COc1c(-c2cc(C(=O)N[C@H](CN(C)C)[C@H](O)c3ccccc3)cc(N(C)C)c2)ccc(F)c1CN1O[C@@H](CO)[C@@H]([C@H](C)O)[C@H]1C(=O)NC[C@@H](C)[C@@H]1C[C@H](C)C1(C)C. The van der Waals surface area contributed by atoms with E-state index in [-0.39, 0.29) is 35.1 Å². The van der Waals surface area contributed by atoms with E-state index in [1.807, 2.05) is 74.4 Å². The molecule has 1 aliphatic carbocycles. The molecule has 3 aromatic rings. The minimum absolute atomic E-state index is 0.0950. The van der Waals surface area contributed by atoms with Crippen molar-refractivity contribution in [1.82, 2.24) is 20.6 Å². The summed E-state index contributed by atoms with van der Waals surface area (Å²) in [5.74, 6) is -0.786. The van der Waals surface area contributed by atoms with E-state index in [9.17, 15) is 24.9 Å². The van der Waals surface area contributed by atoms with Gasteiger partial charge in [0.05, 0.1) is 32.4 Å². The number of anilines is 1. The van der Waals surface area contributed by atoms with Crippen molar-refractivity contribution in [3.63, 3.8) is 0 Å².